The fraction of sp³-hybridized carbons (Fsp3) is 0.240. The molecule has 0 saturated heterocycles. The zero-order chi connectivity index (χ0) is 23.1. The van der Waals surface area contributed by atoms with E-state index in [1.807, 2.05) is 54.6 Å². The van der Waals surface area contributed by atoms with Crippen LogP contribution in [0.15, 0.2) is 66.7 Å². The molecule has 0 aliphatic heterocycles. The molecule has 3 aromatic carbocycles. The molecule has 2 amide bonds. The van der Waals surface area contributed by atoms with Crippen LogP contribution in [0.2, 0.25) is 0 Å². The van der Waals surface area contributed by atoms with Crippen molar-refractivity contribution in [2.75, 3.05) is 33.2 Å². The van der Waals surface area contributed by atoms with Gasteiger partial charge in [-0.3, -0.25) is 0 Å². The summed E-state index contributed by atoms with van der Waals surface area (Å²) >= 11 is 0. The van der Waals surface area contributed by atoms with Gasteiger partial charge in [-0.15, -0.1) is 0 Å². The van der Waals surface area contributed by atoms with E-state index in [1.165, 1.54) is 21.3 Å². The lowest BCUT2D eigenvalue weighted by Crippen LogP contribution is -2.40. The van der Waals surface area contributed by atoms with Gasteiger partial charge in [-0.1, -0.05) is 54.6 Å². The van der Waals surface area contributed by atoms with Crippen LogP contribution in [0, 0.1) is 0 Å². The molecule has 3 aromatic rings. The van der Waals surface area contributed by atoms with Crippen LogP contribution in [0.4, 0.5) is 10.5 Å². The van der Waals surface area contributed by atoms with E-state index in [9.17, 15) is 9.90 Å². The minimum atomic E-state index is -1.25. The summed E-state index contributed by atoms with van der Waals surface area (Å²) in [7, 11) is 4.51. The van der Waals surface area contributed by atoms with Gasteiger partial charge in [-0.25, -0.2) is 4.79 Å². The van der Waals surface area contributed by atoms with Gasteiger partial charge in [0.2, 0.25) is 5.75 Å². The van der Waals surface area contributed by atoms with Gasteiger partial charge >= 0.3 is 6.03 Å². The highest BCUT2D eigenvalue weighted by atomic mass is 16.5. The second-order valence-corrected chi connectivity index (χ2v) is 7.44. The normalized spacial score (nSPS) is 12.4. The number of hydrogen-bond acceptors (Lipinski definition) is 5. The van der Waals surface area contributed by atoms with Crippen LogP contribution in [0.5, 0.6) is 17.2 Å². The molecule has 7 nitrogen and oxygen atoms in total. The smallest absolute Gasteiger partial charge is 0.319 e. The fourth-order valence-corrected chi connectivity index (χ4v) is 3.34. The summed E-state index contributed by atoms with van der Waals surface area (Å²) in [5.74, 6) is 1.28. The molecule has 0 aliphatic rings. The van der Waals surface area contributed by atoms with Crippen molar-refractivity contribution in [3.8, 4) is 28.4 Å². The summed E-state index contributed by atoms with van der Waals surface area (Å²) in [4.78, 5) is 12.4. The van der Waals surface area contributed by atoms with Crippen LogP contribution >= 0.6 is 0 Å². The third-order valence-corrected chi connectivity index (χ3v) is 5.13. The van der Waals surface area contributed by atoms with Gasteiger partial charge in [0.25, 0.3) is 0 Å². The number of amides is 2. The highest BCUT2D eigenvalue weighted by molar-refractivity contribution is 5.90. The van der Waals surface area contributed by atoms with Gasteiger partial charge in [0, 0.05) is 12.1 Å². The van der Waals surface area contributed by atoms with Crippen molar-refractivity contribution in [3.05, 3.63) is 72.3 Å². The van der Waals surface area contributed by atoms with Gasteiger partial charge in [0.1, 0.15) is 5.60 Å². The summed E-state index contributed by atoms with van der Waals surface area (Å²) in [6.07, 6.45) is 0. The number of rotatable bonds is 8. The number of hydrogen-bond donors (Lipinski definition) is 3. The Hall–Kier alpha value is -3.71. The number of benzene rings is 3. The summed E-state index contributed by atoms with van der Waals surface area (Å²) in [6.45, 7) is 1.68. The van der Waals surface area contributed by atoms with Crippen molar-refractivity contribution in [3.63, 3.8) is 0 Å². The standard InChI is InChI=1S/C25H28N2O5/c1-25(29,19-12-10-18(11-13-19)17-8-6-5-7-9-17)16-26-24(28)27-20-14-21(30-2)23(32-4)22(15-20)31-3/h5-15,29H,16H2,1-4H3,(H2,26,27,28). The second kappa shape index (κ2) is 10.1. The van der Waals surface area contributed by atoms with Crippen LogP contribution in [0.3, 0.4) is 0 Å². The Balaban J connectivity index is 1.65. The Morgan fingerprint density at radius 3 is 1.97 bits per heavy atom. The molecule has 3 N–H and O–H groups in total. The molecule has 1 atom stereocenters. The fourth-order valence-electron chi connectivity index (χ4n) is 3.34. The Bertz CT molecular complexity index is 1020. The van der Waals surface area contributed by atoms with E-state index in [0.29, 0.717) is 28.5 Å². The first-order chi connectivity index (χ1) is 15.4. The largest absolute Gasteiger partial charge is 0.493 e. The van der Waals surface area contributed by atoms with Crippen molar-refractivity contribution in [2.45, 2.75) is 12.5 Å². The average molecular weight is 437 g/mol. The molecule has 3 rings (SSSR count). The predicted molar refractivity (Wildman–Crippen MR) is 125 cm³/mol. The highest BCUT2D eigenvalue weighted by Crippen LogP contribution is 2.39. The lowest BCUT2D eigenvalue weighted by Gasteiger charge is -2.24. The SMILES string of the molecule is COc1cc(NC(=O)NCC(C)(O)c2ccc(-c3ccccc3)cc2)cc(OC)c1OC. The number of urea groups is 1. The van der Waals surface area contributed by atoms with E-state index in [4.69, 9.17) is 14.2 Å². The molecule has 0 spiro atoms. The van der Waals surface area contributed by atoms with Crippen molar-refractivity contribution >= 4 is 11.7 Å². The topological polar surface area (TPSA) is 89.1 Å². The first-order valence-corrected chi connectivity index (χ1v) is 10.1. The zero-order valence-electron chi connectivity index (χ0n) is 18.6. The summed E-state index contributed by atoms with van der Waals surface area (Å²) in [6, 6.07) is 20.4. The second-order valence-electron chi connectivity index (χ2n) is 7.44. The maximum Gasteiger partial charge on any atom is 0.319 e. The summed E-state index contributed by atoms with van der Waals surface area (Å²) in [5.41, 5.74) is 2.07. The molecule has 7 heteroatoms. The number of aliphatic hydroxyl groups is 1. The number of ether oxygens (including phenoxy) is 3. The molecule has 0 bridgehead atoms. The zero-order valence-corrected chi connectivity index (χ0v) is 18.6. The molecule has 32 heavy (non-hydrogen) atoms. The van der Waals surface area contributed by atoms with E-state index < -0.39 is 11.6 Å². The molecular weight excluding hydrogens is 408 g/mol. The van der Waals surface area contributed by atoms with E-state index in [0.717, 1.165) is 11.1 Å². The van der Waals surface area contributed by atoms with Crippen LogP contribution in [-0.2, 0) is 5.60 Å². The first kappa shape index (κ1) is 23.0. The number of nitrogens with one attached hydrogen (secondary N) is 2. The monoisotopic (exact) mass is 436 g/mol. The predicted octanol–water partition coefficient (Wildman–Crippen LogP) is 4.41. The molecule has 0 radical (unpaired) electrons. The van der Waals surface area contributed by atoms with E-state index in [2.05, 4.69) is 10.6 Å². The molecule has 1 unspecified atom stereocenters. The minimum Gasteiger partial charge on any atom is -0.493 e. The van der Waals surface area contributed by atoms with Gasteiger partial charge < -0.3 is 30.0 Å². The number of carbonyl (C=O) groups excluding carboxylic acids is 1. The van der Waals surface area contributed by atoms with Crippen LogP contribution in [0.25, 0.3) is 11.1 Å². The van der Waals surface area contributed by atoms with Crippen molar-refractivity contribution in [1.29, 1.82) is 0 Å². The number of methoxy groups -OCH3 is 3. The molecular formula is C25H28N2O5. The Kier molecular flexibility index (Phi) is 7.22. The molecule has 0 saturated carbocycles. The van der Waals surface area contributed by atoms with Crippen molar-refractivity contribution in [2.24, 2.45) is 0 Å². The van der Waals surface area contributed by atoms with E-state index in [1.54, 1.807) is 19.1 Å². The molecule has 0 heterocycles. The van der Waals surface area contributed by atoms with E-state index >= 15 is 0 Å². The maximum atomic E-state index is 12.4. The number of anilines is 1. The van der Waals surface area contributed by atoms with Gasteiger partial charge in [0.15, 0.2) is 11.5 Å². The van der Waals surface area contributed by atoms with Crippen LogP contribution in [-0.4, -0.2) is 39.0 Å². The Morgan fingerprint density at radius 1 is 0.875 bits per heavy atom. The minimum absolute atomic E-state index is 0.0218. The van der Waals surface area contributed by atoms with Crippen LogP contribution in [0.1, 0.15) is 12.5 Å². The molecule has 168 valence electrons. The lowest BCUT2D eigenvalue weighted by atomic mass is 9.94. The average Bonchev–Trinajstić information content (AvgIpc) is 2.82. The third-order valence-electron chi connectivity index (χ3n) is 5.13. The summed E-state index contributed by atoms with van der Waals surface area (Å²) in [5, 5.41) is 16.3. The Labute approximate surface area is 187 Å². The molecule has 0 aromatic heterocycles. The first-order valence-electron chi connectivity index (χ1n) is 10.1. The third kappa shape index (κ3) is 5.31. The van der Waals surface area contributed by atoms with Gasteiger partial charge in [0.05, 0.1) is 33.6 Å². The molecule has 0 fully saturated rings. The van der Waals surface area contributed by atoms with E-state index in [-0.39, 0.29) is 6.54 Å². The number of carbonyl (C=O) groups is 1. The molecule has 0 aliphatic carbocycles. The quantitative estimate of drug-likeness (QED) is 0.487. The van der Waals surface area contributed by atoms with Crippen molar-refractivity contribution in [1.82, 2.24) is 5.32 Å². The van der Waals surface area contributed by atoms with Crippen molar-refractivity contribution < 1.29 is 24.1 Å². The van der Waals surface area contributed by atoms with Gasteiger partial charge in [-0.2, -0.15) is 0 Å². The Morgan fingerprint density at radius 2 is 1.44 bits per heavy atom. The van der Waals surface area contributed by atoms with Crippen LogP contribution < -0.4 is 24.8 Å². The highest BCUT2D eigenvalue weighted by Gasteiger charge is 2.24. The lowest BCUT2D eigenvalue weighted by molar-refractivity contribution is 0.0600. The van der Waals surface area contributed by atoms with Gasteiger partial charge in [-0.05, 0) is 23.6 Å². The summed E-state index contributed by atoms with van der Waals surface area (Å²) < 4.78 is 15.9. The maximum absolute atomic E-state index is 12.4.